The van der Waals surface area contributed by atoms with Gasteiger partial charge in [0.05, 0.1) is 79.6 Å². The van der Waals surface area contributed by atoms with Crippen LogP contribution in [0.5, 0.6) is 17.2 Å². The lowest BCUT2D eigenvalue weighted by Gasteiger charge is -2.33. The summed E-state index contributed by atoms with van der Waals surface area (Å²) in [6.07, 6.45) is 3.74. The number of phenols is 3. The third-order valence-electron chi connectivity index (χ3n) is 13.7. The Balaban J connectivity index is -0.00000123. The Bertz CT molecular complexity index is 3280. The predicted molar refractivity (Wildman–Crippen MR) is 365 cm³/mol. The highest BCUT2D eigenvalue weighted by atomic mass is 16.6. The first-order chi connectivity index (χ1) is 49.3. The zero-order chi connectivity index (χ0) is 82.0. The van der Waals surface area contributed by atoms with E-state index in [2.05, 4.69) is 15.5 Å². The SMILES string of the molecule is CCCCCCC(C(=O)O)N(CC(=O)O)CC(=O)O.CN(CCNC(C(=O)O)c1ccccc1O)C(C(=O)O)c1ccccc1O.CN(CCNCC(=O)O)CC(=O)O.CONC(=O)CN(CC(=O)O)CC(=O)O.C[N+](CCN(CC(=O)O)CC(=O)O)(CC(=O)O)CC(=O)O.Cc1ccc(O)c(C(=O)O)c1. The summed E-state index contributed by atoms with van der Waals surface area (Å²) in [5.74, 6) is -17.2. The zero-order valence-electron chi connectivity index (χ0n) is 59.0. The molecule has 0 saturated heterocycles. The van der Waals surface area contributed by atoms with Crippen molar-refractivity contribution >= 4 is 89.5 Å². The van der Waals surface area contributed by atoms with Crippen molar-refractivity contribution in [1.82, 2.24) is 40.6 Å². The lowest BCUT2D eigenvalue weighted by Crippen LogP contribution is -2.54. The van der Waals surface area contributed by atoms with E-state index in [0.717, 1.165) is 39.5 Å². The number of rotatable bonds is 46. The number of nitrogens with one attached hydrogen (secondary N) is 3. The van der Waals surface area contributed by atoms with Crippen LogP contribution in [0, 0.1) is 6.92 Å². The molecule has 0 bridgehead atoms. The normalized spacial score (nSPS) is 11.5. The van der Waals surface area contributed by atoms with Crippen molar-refractivity contribution in [2.24, 2.45) is 0 Å². The lowest BCUT2D eigenvalue weighted by molar-refractivity contribution is -0.894. The number of aromatic hydroxyl groups is 3. The van der Waals surface area contributed by atoms with Gasteiger partial charge in [0, 0.05) is 43.9 Å². The Morgan fingerprint density at radius 2 is 0.962 bits per heavy atom. The highest BCUT2D eigenvalue weighted by Crippen LogP contribution is 2.28. The molecule has 1 amide bonds. The molecule has 594 valence electrons. The molecule has 3 unspecified atom stereocenters. The van der Waals surface area contributed by atoms with Crippen LogP contribution in [0.25, 0.3) is 0 Å². The number of aliphatic carboxylic acids is 13. The molecule has 42 nitrogen and oxygen atoms in total. The zero-order valence-corrected chi connectivity index (χ0v) is 59.0. The third kappa shape index (κ3) is 49.4. The first-order valence-corrected chi connectivity index (χ1v) is 31.5. The fraction of sp³-hybridized carbons (Fsp3) is 0.484. The highest BCUT2D eigenvalue weighted by Gasteiger charge is 2.32. The first-order valence-electron chi connectivity index (χ1n) is 31.5. The second kappa shape index (κ2) is 54.4. The Labute approximate surface area is 606 Å². The van der Waals surface area contributed by atoms with Crippen LogP contribution in [-0.2, 0) is 72.0 Å². The summed E-state index contributed by atoms with van der Waals surface area (Å²) in [6.45, 7) is 0.413. The molecule has 0 aliphatic rings. The minimum atomic E-state index is -1.24. The molecule has 106 heavy (non-hydrogen) atoms. The summed E-state index contributed by atoms with van der Waals surface area (Å²) in [5, 5.41) is 157. The molecule has 0 saturated carbocycles. The number of phenolic OH excluding ortho intramolecular Hbond substituents is 2. The molecule has 42 heteroatoms. The monoisotopic (exact) mass is 1520 g/mol. The van der Waals surface area contributed by atoms with Gasteiger partial charge in [-0.1, -0.05) is 80.6 Å². The average molecular weight is 1520 g/mol. The predicted octanol–water partition coefficient (Wildman–Crippen LogP) is -1.26. The number of aryl methyl sites for hydroxylation is 1. The van der Waals surface area contributed by atoms with Gasteiger partial charge in [-0.25, -0.2) is 19.9 Å². The number of benzene rings is 3. The van der Waals surface area contributed by atoms with Gasteiger partial charge in [-0.05, 0) is 51.7 Å². The number of amides is 1. The van der Waals surface area contributed by atoms with Gasteiger partial charge in [0.25, 0.3) is 5.91 Å². The fourth-order valence-electron chi connectivity index (χ4n) is 9.05. The van der Waals surface area contributed by atoms with Gasteiger partial charge in [-0.2, -0.15) is 0 Å². The highest BCUT2D eigenvalue weighted by molar-refractivity contribution is 5.91. The third-order valence-corrected chi connectivity index (χ3v) is 13.7. The van der Waals surface area contributed by atoms with E-state index in [-0.39, 0.29) is 90.7 Å². The molecule has 0 fully saturated rings. The first kappa shape index (κ1) is 98.9. The number of para-hydroxylation sites is 2. The molecule has 0 spiro atoms. The summed E-state index contributed by atoms with van der Waals surface area (Å²) in [4.78, 5) is 171. The van der Waals surface area contributed by atoms with E-state index in [9.17, 15) is 92.3 Å². The van der Waals surface area contributed by atoms with Crippen molar-refractivity contribution in [3.05, 3.63) is 89.0 Å². The summed E-state index contributed by atoms with van der Waals surface area (Å²) in [5.41, 5.74) is 3.20. The molecule has 20 N–H and O–H groups in total. The van der Waals surface area contributed by atoms with Crippen molar-refractivity contribution in [2.75, 3.05) is 140 Å². The van der Waals surface area contributed by atoms with Crippen molar-refractivity contribution in [3.63, 3.8) is 0 Å². The molecule has 0 aromatic heterocycles. The standard InChI is InChI=1S/C19H22N2O6.C12H21NO6.C11H18N2O8.C8H8O3.C7H12N2O6.C7H14N2O4/c1-21(17(19(26)27)13-7-3-5-9-15(13)23)11-10-20-16(18(24)25)12-6-2-4-8-14(12)22;1-2-3-4-5-6-9(12(18)19)13(7-10(14)15)8-11(16)17;1-13(6-10(18)19,7-11(20)21)3-2-12(4-8(14)15)5-9(16)17;1-5-2-3-7(9)6(4-5)8(10)11;1-15-8-5(10)2-9(3-6(11)12)4-7(13)14;1-9(5-7(12)13)3-2-8-4-6(10)11/h2-9,16-17,20,22-23H,10-11H2,1H3,(H,24,25)(H,26,27);9H,2-8H2,1H3,(H,14,15)(H,16,17)(H,18,19);2-7H2,1H3,(H3-,14,15,16,17,18,19,20,21);2-4,9H,1H3,(H,10,11);2-4H2,1H3,(H,8,10)(H,11,12)(H,13,14);8H,2-5H2,1H3,(H,10,11)(H,12,13)/p+1. The number of hydrogen-bond donors (Lipinski definition) is 20. The van der Waals surface area contributed by atoms with Crippen LogP contribution in [0.15, 0.2) is 66.7 Å². The summed E-state index contributed by atoms with van der Waals surface area (Å²) >= 11 is 0. The van der Waals surface area contributed by atoms with Crippen LogP contribution >= 0.6 is 0 Å². The number of carboxylic acids is 14. The molecule has 3 rings (SSSR count). The topological polar surface area (TPSA) is 661 Å². The molecule has 3 aromatic carbocycles. The van der Waals surface area contributed by atoms with E-state index in [1.807, 2.05) is 12.4 Å². The van der Waals surface area contributed by atoms with Gasteiger partial charge in [0.2, 0.25) is 0 Å². The second-order valence-electron chi connectivity index (χ2n) is 23.1. The maximum absolute atomic E-state index is 11.7. The number of quaternary nitrogens is 1. The Kier molecular flexibility index (Phi) is 50.8. The Morgan fingerprint density at radius 1 is 0.491 bits per heavy atom. The molecule has 0 aliphatic heterocycles. The number of carbonyl (C=O) groups excluding carboxylic acids is 1. The maximum Gasteiger partial charge on any atom is 0.359 e. The number of hydroxylamine groups is 1. The minimum Gasteiger partial charge on any atom is -0.508 e. The van der Waals surface area contributed by atoms with E-state index >= 15 is 0 Å². The molecule has 0 radical (unpaired) electrons. The van der Waals surface area contributed by atoms with Crippen LogP contribution in [0.4, 0.5) is 0 Å². The Morgan fingerprint density at radius 3 is 1.36 bits per heavy atom. The summed E-state index contributed by atoms with van der Waals surface area (Å²) in [7, 11) is 5.86. The van der Waals surface area contributed by atoms with Gasteiger partial charge in [0.15, 0.2) is 13.1 Å². The summed E-state index contributed by atoms with van der Waals surface area (Å²) < 4.78 is -0.361. The average Bonchev–Trinajstić information content (AvgIpc) is 0.866. The van der Waals surface area contributed by atoms with Gasteiger partial charge < -0.3 is 96.6 Å². The Hall–Kier alpha value is -11.3. The van der Waals surface area contributed by atoms with Crippen LogP contribution in [0.2, 0.25) is 0 Å². The van der Waals surface area contributed by atoms with E-state index in [1.54, 1.807) is 56.3 Å². The molecule has 0 aliphatic carbocycles. The van der Waals surface area contributed by atoms with Gasteiger partial charge in [0.1, 0.15) is 40.9 Å². The number of likely N-dealkylation sites (N-methyl/N-ethyl adjacent to an activating group) is 3. The van der Waals surface area contributed by atoms with Gasteiger partial charge >= 0.3 is 83.6 Å². The lowest BCUT2D eigenvalue weighted by atomic mass is 10.0. The van der Waals surface area contributed by atoms with Crippen LogP contribution in [0.3, 0.4) is 0 Å². The largest absolute Gasteiger partial charge is 0.508 e. The van der Waals surface area contributed by atoms with Crippen LogP contribution in [-0.4, -0.2) is 351 Å². The second-order valence-corrected chi connectivity index (χ2v) is 23.1. The number of aromatic carboxylic acids is 1. The maximum atomic E-state index is 11.7. The van der Waals surface area contributed by atoms with Crippen molar-refractivity contribution in [1.29, 1.82) is 0 Å². The molecular weight excluding hydrogens is 1420 g/mol. The van der Waals surface area contributed by atoms with Gasteiger partial charge in [-0.15, -0.1) is 0 Å². The minimum absolute atomic E-state index is 0.000833. The molecular formula is C64H96N9O33+. The number of hydrogen-bond acceptors (Lipinski definition) is 26. The smallest absolute Gasteiger partial charge is 0.359 e. The molecule has 3 atom stereocenters. The van der Waals surface area contributed by atoms with Crippen molar-refractivity contribution in [2.45, 2.75) is 64.1 Å². The quantitative estimate of drug-likeness (QED) is 0.0178. The summed E-state index contributed by atoms with van der Waals surface area (Å²) in [6, 6.07) is 13.5. The number of carboxylic acid groups (broad SMARTS) is 14. The van der Waals surface area contributed by atoms with Gasteiger partial charge in [-0.3, -0.25) is 92.2 Å². The van der Waals surface area contributed by atoms with Crippen LogP contribution in [0.1, 0.15) is 78.2 Å². The van der Waals surface area contributed by atoms with E-state index in [0.29, 0.717) is 19.5 Å². The van der Waals surface area contributed by atoms with Crippen LogP contribution < -0.4 is 16.1 Å². The fourth-order valence-corrected chi connectivity index (χ4v) is 9.05. The number of carbonyl (C=O) groups is 15. The molecule has 0 heterocycles. The van der Waals surface area contributed by atoms with E-state index in [1.165, 1.54) is 55.5 Å². The van der Waals surface area contributed by atoms with Crippen molar-refractivity contribution < 1.29 is 168 Å². The number of nitrogens with zero attached hydrogens (tertiary/aromatic N) is 6. The number of unbranched alkanes of at least 4 members (excludes halogenated alkanes) is 3. The van der Waals surface area contributed by atoms with E-state index in [4.69, 9.17) is 66.4 Å². The molecule has 3 aromatic rings. The van der Waals surface area contributed by atoms with E-state index < -0.39 is 160 Å². The van der Waals surface area contributed by atoms with Crippen molar-refractivity contribution in [3.8, 4) is 17.2 Å².